The number of likely N-dealkylation sites (tertiary alicyclic amines) is 1. The molecule has 1 aliphatic rings. The second kappa shape index (κ2) is 7.97. The minimum atomic E-state index is 0.686. The zero-order chi connectivity index (χ0) is 15.2. The molecule has 1 saturated heterocycles. The molecular formula is C17H31N3O. The molecule has 0 bridgehead atoms. The standard InChI is InChI=1S/C17H31N3O/c1-14(2)11-18-12-15-7-10-21-17(15)13-20-8-5-16(6-9-20)19(3)4/h7,10,14,16,18H,5-6,8-9,11-13H2,1-4H3. The van der Waals surface area contributed by atoms with Crippen LogP contribution >= 0.6 is 0 Å². The minimum absolute atomic E-state index is 0.686. The van der Waals surface area contributed by atoms with Crippen LogP contribution in [-0.4, -0.2) is 49.6 Å². The molecule has 1 aromatic heterocycles. The average Bonchev–Trinajstić information content (AvgIpc) is 2.86. The number of furan rings is 1. The molecular weight excluding hydrogens is 262 g/mol. The van der Waals surface area contributed by atoms with Crippen molar-refractivity contribution in [3.05, 3.63) is 23.7 Å². The van der Waals surface area contributed by atoms with Gasteiger partial charge >= 0.3 is 0 Å². The summed E-state index contributed by atoms with van der Waals surface area (Å²) in [6, 6.07) is 2.85. The van der Waals surface area contributed by atoms with Gasteiger partial charge in [-0.2, -0.15) is 0 Å². The van der Waals surface area contributed by atoms with Gasteiger partial charge in [0.15, 0.2) is 0 Å². The van der Waals surface area contributed by atoms with E-state index in [0.717, 1.165) is 31.4 Å². The van der Waals surface area contributed by atoms with Crippen LogP contribution in [0.2, 0.25) is 0 Å². The Morgan fingerprint density at radius 3 is 2.67 bits per heavy atom. The summed E-state index contributed by atoms with van der Waals surface area (Å²) in [6.45, 7) is 9.73. The molecule has 1 aliphatic heterocycles. The lowest BCUT2D eigenvalue weighted by molar-refractivity contribution is 0.133. The topological polar surface area (TPSA) is 31.7 Å². The van der Waals surface area contributed by atoms with E-state index in [0.29, 0.717) is 5.92 Å². The number of nitrogens with zero attached hydrogens (tertiary/aromatic N) is 2. The normalized spacial score (nSPS) is 18.0. The molecule has 0 amide bonds. The van der Waals surface area contributed by atoms with Crippen molar-refractivity contribution in [1.29, 1.82) is 0 Å². The quantitative estimate of drug-likeness (QED) is 0.837. The van der Waals surface area contributed by atoms with Gasteiger partial charge in [0, 0.05) is 31.2 Å². The number of piperidine rings is 1. The molecule has 1 fully saturated rings. The predicted octanol–water partition coefficient (Wildman–Crippen LogP) is 2.55. The fourth-order valence-electron chi connectivity index (χ4n) is 2.96. The molecule has 0 unspecified atom stereocenters. The van der Waals surface area contributed by atoms with Crippen molar-refractivity contribution in [2.75, 3.05) is 33.7 Å². The number of rotatable bonds is 7. The number of hydrogen-bond acceptors (Lipinski definition) is 4. The number of hydrogen-bond donors (Lipinski definition) is 1. The van der Waals surface area contributed by atoms with E-state index in [1.807, 2.05) is 6.26 Å². The van der Waals surface area contributed by atoms with E-state index in [1.54, 1.807) is 0 Å². The molecule has 4 nitrogen and oxygen atoms in total. The molecule has 2 heterocycles. The molecule has 1 aromatic rings. The lowest BCUT2D eigenvalue weighted by Gasteiger charge is -2.34. The summed E-state index contributed by atoms with van der Waals surface area (Å²) in [6.07, 6.45) is 4.34. The van der Waals surface area contributed by atoms with Gasteiger partial charge < -0.3 is 14.6 Å². The highest BCUT2D eigenvalue weighted by Gasteiger charge is 2.21. The van der Waals surface area contributed by atoms with Crippen LogP contribution in [0.4, 0.5) is 0 Å². The summed E-state index contributed by atoms with van der Waals surface area (Å²) < 4.78 is 5.71. The van der Waals surface area contributed by atoms with Gasteiger partial charge in [-0.05, 0) is 45.5 Å². The van der Waals surface area contributed by atoms with Crippen LogP contribution in [-0.2, 0) is 13.1 Å². The van der Waals surface area contributed by atoms with Crippen LogP contribution in [0.25, 0.3) is 0 Å². The van der Waals surface area contributed by atoms with Crippen molar-refractivity contribution in [3.8, 4) is 0 Å². The smallest absolute Gasteiger partial charge is 0.122 e. The zero-order valence-electron chi connectivity index (χ0n) is 14.1. The molecule has 0 atom stereocenters. The molecule has 2 rings (SSSR count). The van der Waals surface area contributed by atoms with Crippen molar-refractivity contribution in [3.63, 3.8) is 0 Å². The molecule has 0 radical (unpaired) electrons. The fraction of sp³-hybridized carbons (Fsp3) is 0.765. The Bertz CT molecular complexity index is 406. The van der Waals surface area contributed by atoms with E-state index >= 15 is 0 Å². The summed E-state index contributed by atoms with van der Waals surface area (Å²) >= 11 is 0. The third-order valence-electron chi connectivity index (χ3n) is 4.36. The van der Waals surface area contributed by atoms with E-state index in [1.165, 1.54) is 31.5 Å². The van der Waals surface area contributed by atoms with Gasteiger partial charge in [-0.15, -0.1) is 0 Å². The second-order valence-electron chi connectivity index (χ2n) is 6.86. The van der Waals surface area contributed by atoms with Gasteiger partial charge in [-0.1, -0.05) is 13.8 Å². The van der Waals surface area contributed by atoms with Crippen molar-refractivity contribution in [2.45, 2.75) is 45.8 Å². The summed E-state index contributed by atoms with van der Waals surface area (Å²) in [5, 5.41) is 3.50. The Balaban J connectivity index is 1.80. The lowest BCUT2D eigenvalue weighted by atomic mass is 10.0. The van der Waals surface area contributed by atoms with E-state index in [4.69, 9.17) is 4.42 Å². The Hall–Kier alpha value is -0.840. The highest BCUT2D eigenvalue weighted by atomic mass is 16.3. The maximum absolute atomic E-state index is 5.71. The van der Waals surface area contributed by atoms with Crippen molar-refractivity contribution in [2.24, 2.45) is 5.92 Å². The largest absolute Gasteiger partial charge is 0.468 e. The Morgan fingerprint density at radius 2 is 2.05 bits per heavy atom. The van der Waals surface area contributed by atoms with Crippen molar-refractivity contribution < 1.29 is 4.42 Å². The molecule has 0 aromatic carbocycles. The van der Waals surface area contributed by atoms with Crippen molar-refractivity contribution >= 4 is 0 Å². The first kappa shape index (κ1) is 16.5. The third kappa shape index (κ3) is 5.13. The zero-order valence-corrected chi connectivity index (χ0v) is 14.1. The van der Waals surface area contributed by atoms with Crippen LogP contribution in [0, 0.1) is 5.92 Å². The SMILES string of the molecule is CC(C)CNCc1ccoc1CN1CCC(N(C)C)CC1. The summed E-state index contributed by atoms with van der Waals surface area (Å²) in [7, 11) is 4.37. The Kier molecular flexibility index (Phi) is 6.27. The molecule has 0 spiro atoms. The first-order valence-corrected chi connectivity index (χ1v) is 8.21. The van der Waals surface area contributed by atoms with Crippen LogP contribution in [0.15, 0.2) is 16.7 Å². The minimum Gasteiger partial charge on any atom is -0.468 e. The van der Waals surface area contributed by atoms with Gasteiger partial charge in [-0.3, -0.25) is 4.90 Å². The van der Waals surface area contributed by atoms with Crippen molar-refractivity contribution in [1.82, 2.24) is 15.1 Å². The van der Waals surface area contributed by atoms with Gasteiger partial charge in [0.05, 0.1) is 12.8 Å². The highest BCUT2D eigenvalue weighted by Crippen LogP contribution is 2.19. The van der Waals surface area contributed by atoms with Gasteiger partial charge in [0.2, 0.25) is 0 Å². The maximum atomic E-state index is 5.71. The summed E-state index contributed by atoms with van der Waals surface area (Å²) in [5.41, 5.74) is 1.31. The Morgan fingerprint density at radius 1 is 1.33 bits per heavy atom. The first-order chi connectivity index (χ1) is 10.1. The van der Waals surface area contributed by atoms with E-state index < -0.39 is 0 Å². The molecule has 4 heteroatoms. The third-order valence-corrected chi connectivity index (χ3v) is 4.36. The summed E-state index contributed by atoms with van der Waals surface area (Å²) in [5.74, 6) is 1.82. The van der Waals surface area contributed by atoms with Gasteiger partial charge in [0.25, 0.3) is 0 Å². The van der Waals surface area contributed by atoms with Gasteiger partial charge in [-0.25, -0.2) is 0 Å². The molecule has 21 heavy (non-hydrogen) atoms. The van der Waals surface area contributed by atoms with Crippen LogP contribution in [0.5, 0.6) is 0 Å². The van der Waals surface area contributed by atoms with E-state index in [-0.39, 0.29) is 0 Å². The molecule has 0 saturated carbocycles. The monoisotopic (exact) mass is 293 g/mol. The van der Waals surface area contributed by atoms with Gasteiger partial charge in [0.1, 0.15) is 5.76 Å². The van der Waals surface area contributed by atoms with Crippen LogP contribution in [0.1, 0.15) is 38.0 Å². The molecule has 1 N–H and O–H groups in total. The first-order valence-electron chi connectivity index (χ1n) is 8.21. The van der Waals surface area contributed by atoms with Crippen LogP contribution < -0.4 is 5.32 Å². The lowest BCUT2D eigenvalue weighted by Crippen LogP contribution is -2.41. The average molecular weight is 293 g/mol. The summed E-state index contributed by atoms with van der Waals surface area (Å²) in [4.78, 5) is 4.87. The molecule has 0 aliphatic carbocycles. The highest BCUT2D eigenvalue weighted by molar-refractivity contribution is 5.17. The Labute approximate surface area is 129 Å². The fourth-order valence-corrected chi connectivity index (χ4v) is 2.96. The molecule has 120 valence electrons. The number of nitrogens with one attached hydrogen (secondary N) is 1. The van der Waals surface area contributed by atoms with Crippen LogP contribution in [0.3, 0.4) is 0 Å². The van der Waals surface area contributed by atoms with E-state index in [9.17, 15) is 0 Å². The maximum Gasteiger partial charge on any atom is 0.122 e. The van der Waals surface area contributed by atoms with E-state index in [2.05, 4.69) is 49.1 Å². The predicted molar refractivity (Wildman–Crippen MR) is 87.2 cm³/mol. The second-order valence-corrected chi connectivity index (χ2v) is 6.86.